The lowest BCUT2D eigenvalue weighted by Crippen LogP contribution is -2.55. The molecular formula is C29H28N2O3. The molecular weight excluding hydrogens is 424 g/mol. The van der Waals surface area contributed by atoms with E-state index in [9.17, 15) is 0 Å². The zero-order chi connectivity index (χ0) is 22.5. The molecule has 3 aromatic carbocycles. The number of nitrogens with zero attached hydrogens (tertiary/aromatic N) is 2. The highest BCUT2D eigenvalue weighted by Gasteiger charge is 2.52. The van der Waals surface area contributed by atoms with Gasteiger partial charge in [0.25, 0.3) is 0 Å². The van der Waals surface area contributed by atoms with Gasteiger partial charge in [0.1, 0.15) is 19.0 Å². The zero-order valence-electron chi connectivity index (χ0n) is 19.2. The van der Waals surface area contributed by atoms with E-state index in [1.54, 1.807) is 0 Å². The number of hydrogen-bond acceptors (Lipinski definition) is 5. The fourth-order valence-electron chi connectivity index (χ4n) is 6.08. The zero-order valence-corrected chi connectivity index (χ0v) is 19.2. The normalized spacial score (nSPS) is 26.9. The molecule has 34 heavy (non-hydrogen) atoms. The van der Waals surface area contributed by atoms with Crippen molar-refractivity contribution in [3.8, 4) is 17.2 Å². The minimum absolute atomic E-state index is 0.196. The topological polar surface area (TPSA) is 43.3 Å². The molecule has 1 aliphatic carbocycles. The molecule has 0 unspecified atom stereocenters. The van der Waals surface area contributed by atoms with Gasteiger partial charge in [0.15, 0.2) is 17.2 Å². The number of rotatable bonds is 2. The molecule has 1 fully saturated rings. The predicted octanol–water partition coefficient (Wildman–Crippen LogP) is 6.06. The van der Waals surface area contributed by atoms with Crippen molar-refractivity contribution in [1.82, 2.24) is 5.01 Å². The summed E-state index contributed by atoms with van der Waals surface area (Å²) in [5.74, 6) is 3.22. The lowest BCUT2D eigenvalue weighted by atomic mass is 9.78. The SMILES string of the molecule is c1ccc(C2CCC3(CC2)Oc2ccccc2[C@H]2CC(c4ccc5c(c4)OCCO5)=NN23)cc1. The summed E-state index contributed by atoms with van der Waals surface area (Å²) in [5.41, 5.74) is 4.47. The van der Waals surface area contributed by atoms with Crippen LogP contribution in [-0.4, -0.2) is 29.7 Å². The molecule has 1 atom stereocenters. The molecule has 5 nitrogen and oxygen atoms in total. The van der Waals surface area contributed by atoms with E-state index in [-0.39, 0.29) is 11.8 Å². The van der Waals surface area contributed by atoms with Crippen LogP contribution in [0.1, 0.15) is 60.8 Å². The number of hydrazone groups is 1. The van der Waals surface area contributed by atoms with E-state index < -0.39 is 0 Å². The largest absolute Gasteiger partial charge is 0.486 e. The highest BCUT2D eigenvalue weighted by Crippen LogP contribution is 2.53. The molecule has 1 spiro atoms. The van der Waals surface area contributed by atoms with Crippen LogP contribution in [0.25, 0.3) is 0 Å². The second kappa shape index (κ2) is 7.79. The van der Waals surface area contributed by atoms with Crippen molar-refractivity contribution in [2.24, 2.45) is 5.10 Å². The molecule has 3 aliphatic heterocycles. The Hall–Kier alpha value is -3.47. The molecule has 1 saturated carbocycles. The molecule has 3 aromatic rings. The molecule has 3 heterocycles. The van der Waals surface area contributed by atoms with Crippen molar-refractivity contribution in [2.45, 2.75) is 49.8 Å². The second-order valence-electron chi connectivity index (χ2n) is 9.74. The summed E-state index contributed by atoms with van der Waals surface area (Å²) in [4.78, 5) is 0. The maximum Gasteiger partial charge on any atom is 0.198 e. The lowest BCUT2D eigenvalue weighted by molar-refractivity contribution is -0.142. The number of ether oxygens (including phenoxy) is 3. The number of fused-ring (bicyclic) bond motifs is 5. The molecule has 0 bridgehead atoms. The monoisotopic (exact) mass is 452 g/mol. The summed E-state index contributed by atoms with van der Waals surface area (Å²) in [6, 6.07) is 25.8. The fourth-order valence-corrected chi connectivity index (χ4v) is 6.08. The summed E-state index contributed by atoms with van der Waals surface area (Å²) in [6.45, 7) is 1.19. The van der Waals surface area contributed by atoms with E-state index >= 15 is 0 Å². The van der Waals surface area contributed by atoms with Gasteiger partial charge in [-0.2, -0.15) is 5.10 Å². The van der Waals surface area contributed by atoms with Gasteiger partial charge in [-0.3, -0.25) is 0 Å². The van der Waals surface area contributed by atoms with Crippen molar-refractivity contribution in [2.75, 3.05) is 13.2 Å². The van der Waals surface area contributed by atoms with Crippen molar-refractivity contribution in [3.63, 3.8) is 0 Å². The van der Waals surface area contributed by atoms with Crippen molar-refractivity contribution in [3.05, 3.63) is 89.5 Å². The van der Waals surface area contributed by atoms with Crippen LogP contribution in [0.2, 0.25) is 0 Å². The first kappa shape index (κ1) is 20.0. The Labute approximate surface area is 200 Å². The summed E-state index contributed by atoms with van der Waals surface area (Å²) >= 11 is 0. The lowest BCUT2D eigenvalue weighted by Gasteiger charge is -2.50. The van der Waals surface area contributed by atoms with Gasteiger partial charge >= 0.3 is 0 Å². The van der Waals surface area contributed by atoms with Gasteiger partial charge in [-0.05, 0) is 48.6 Å². The second-order valence-corrected chi connectivity index (χ2v) is 9.74. The van der Waals surface area contributed by atoms with E-state index in [0.717, 1.165) is 60.6 Å². The van der Waals surface area contributed by atoms with E-state index in [1.165, 1.54) is 11.1 Å². The van der Waals surface area contributed by atoms with Gasteiger partial charge in [0.05, 0.1) is 11.8 Å². The third-order valence-corrected chi connectivity index (χ3v) is 7.82. The van der Waals surface area contributed by atoms with Crippen LogP contribution in [0, 0.1) is 0 Å². The first-order chi connectivity index (χ1) is 16.8. The van der Waals surface area contributed by atoms with Gasteiger partial charge in [0, 0.05) is 30.4 Å². The Bertz CT molecular complexity index is 1250. The van der Waals surface area contributed by atoms with E-state index in [2.05, 4.69) is 71.7 Å². The molecule has 0 N–H and O–H groups in total. The smallest absolute Gasteiger partial charge is 0.198 e. The van der Waals surface area contributed by atoms with E-state index in [0.29, 0.717) is 19.1 Å². The Morgan fingerprint density at radius 1 is 0.794 bits per heavy atom. The molecule has 0 radical (unpaired) electrons. The molecule has 172 valence electrons. The number of hydrogen-bond donors (Lipinski definition) is 0. The maximum absolute atomic E-state index is 6.81. The van der Waals surface area contributed by atoms with Crippen LogP contribution in [0.15, 0.2) is 77.9 Å². The summed E-state index contributed by atoms with van der Waals surface area (Å²) in [7, 11) is 0. The maximum atomic E-state index is 6.81. The van der Waals surface area contributed by atoms with Crippen LogP contribution in [0.3, 0.4) is 0 Å². The van der Waals surface area contributed by atoms with Crippen molar-refractivity contribution in [1.29, 1.82) is 0 Å². The average molecular weight is 453 g/mol. The summed E-state index contributed by atoms with van der Waals surface area (Å²) in [6.07, 6.45) is 5.00. The van der Waals surface area contributed by atoms with Crippen LogP contribution >= 0.6 is 0 Å². The molecule has 0 amide bonds. The molecule has 5 heteroatoms. The highest BCUT2D eigenvalue weighted by molar-refractivity contribution is 6.02. The van der Waals surface area contributed by atoms with E-state index in [1.807, 2.05) is 6.07 Å². The Balaban J connectivity index is 1.23. The Kier molecular flexibility index (Phi) is 4.57. The highest BCUT2D eigenvalue weighted by atomic mass is 16.6. The number of benzene rings is 3. The Morgan fingerprint density at radius 3 is 2.41 bits per heavy atom. The van der Waals surface area contributed by atoms with Crippen LogP contribution in [0.4, 0.5) is 0 Å². The Morgan fingerprint density at radius 2 is 1.56 bits per heavy atom. The average Bonchev–Trinajstić information content (AvgIpc) is 3.37. The summed E-state index contributed by atoms with van der Waals surface area (Å²) in [5, 5.41) is 7.53. The van der Waals surface area contributed by atoms with Crippen LogP contribution < -0.4 is 14.2 Å². The third kappa shape index (κ3) is 3.17. The molecule has 0 saturated heterocycles. The molecule has 7 rings (SSSR count). The van der Waals surface area contributed by atoms with Gasteiger partial charge in [-0.15, -0.1) is 0 Å². The minimum Gasteiger partial charge on any atom is -0.486 e. The van der Waals surface area contributed by atoms with Crippen LogP contribution in [-0.2, 0) is 0 Å². The number of para-hydroxylation sites is 1. The van der Waals surface area contributed by atoms with Gasteiger partial charge < -0.3 is 14.2 Å². The minimum atomic E-state index is -0.389. The van der Waals surface area contributed by atoms with Crippen LogP contribution in [0.5, 0.6) is 17.2 Å². The first-order valence-electron chi connectivity index (χ1n) is 12.4. The fraction of sp³-hybridized carbons (Fsp3) is 0.345. The predicted molar refractivity (Wildman–Crippen MR) is 131 cm³/mol. The quantitative estimate of drug-likeness (QED) is 0.474. The molecule has 4 aliphatic rings. The van der Waals surface area contributed by atoms with Crippen molar-refractivity contribution < 1.29 is 14.2 Å². The first-order valence-corrected chi connectivity index (χ1v) is 12.4. The van der Waals surface area contributed by atoms with Gasteiger partial charge in [0.2, 0.25) is 0 Å². The summed E-state index contributed by atoms with van der Waals surface area (Å²) < 4.78 is 18.4. The standard InChI is InChI=1S/C29H28N2O3/c1-2-6-20(7-3-1)21-12-14-29(15-13-21)31-25(23-8-4-5-9-26(23)34-29)19-24(30-31)22-10-11-27-28(18-22)33-17-16-32-27/h1-11,18,21,25H,12-17,19H2/t21?,25-,29?/m1/s1. The van der Waals surface area contributed by atoms with Crippen molar-refractivity contribution >= 4 is 5.71 Å². The molecule has 0 aromatic heterocycles. The van der Waals surface area contributed by atoms with E-state index in [4.69, 9.17) is 19.3 Å². The third-order valence-electron chi connectivity index (χ3n) is 7.82. The van der Waals surface area contributed by atoms with Gasteiger partial charge in [-0.25, -0.2) is 5.01 Å². The van der Waals surface area contributed by atoms with Gasteiger partial charge in [-0.1, -0.05) is 48.5 Å².